The molecule has 3 aromatic heterocycles. The van der Waals surface area contributed by atoms with E-state index >= 15 is 0 Å². The molecule has 0 aliphatic carbocycles. The molecule has 1 fully saturated rings. The molecule has 2 aromatic carbocycles. The molecule has 0 atom stereocenters. The summed E-state index contributed by atoms with van der Waals surface area (Å²) in [6.07, 6.45) is 6.22. The van der Waals surface area contributed by atoms with Gasteiger partial charge in [-0.2, -0.15) is 5.10 Å². The summed E-state index contributed by atoms with van der Waals surface area (Å²) in [6, 6.07) is 17.1. The second kappa shape index (κ2) is 9.29. The highest BCUT2D eigenvalue weighted by atomic mass is 35.5. The first-order chi connectivity index (χ1) is 16.2. The van der Waals surface area contributed by atoms with Gasteiger partial charge >= 0.3 is 0 Å². The standard InChI is InChI=1S/C26H23ClN4O2.ClH/c27-20-5-3-4-18(14-20)25-16-22-24(33-25)8-11-30(26(22)32)21-6-7-23-19(15-21)17-28-31(23)13-12-29-9-1-2-10-29;/h3-8,11,14-17H,1-2,9-10,12-13H2;1H. The fourth-order valence-electron chi connectivity index (χ4n) is 4.67. The number of benzene rings is 2. The molecular weight excluding hydrogens is 471 g/mol. The minimum absolute atomic E-state index is 0. The van der Waals surface area contributed by atoms with Crippen molar-refractivity contribution in [2.24, 2.45) is 0 Å². The summed E-state index contributed by atoms with van der Waals surface area (Å²) < 4.78 is 9.64. The lowest BCUT2D eigenvalue weighted by Crippen LogP contribution is -2.24. The molecule has 0 unspecified atom stereocenters. The zero-order valence-electron chi connectivity index (χ0n) is 18.5. The van der Waals surface area contributed by atoms with Crippen LogP contribution in [0.25, 0.3) is 38.9 Å². The first-order valence-electron chi connectivity index (χ1n) is 11.3. The van der Waals surface area contributed by atoms with Crippen molar-refractivity contribution < 1.29 is 4.42 Å². The third-order valence-electron chi connectivity index (χ3n) is 6.42. The Morgan fingerprint density at radius 1 is 1.00 bits per heavy atom. The molecule has 0 radical (unpaired) electrons. The Morgan fingerprint density at radius 2 is 1.85 bits per heavy atom. The van der Waals surface area contributed by atoms with E-state index in [9.17, 15) is 4.79 Å². The van der Waals surface area contributed by atoms with Gasteiger partial charge in [-0.15, -0.1) is 12.4 Å². The summed E-state index contributed by atoms with van der Waals surface area (Å²) in [7, 11) is 0. The SMILES string of the molecule is Cl.O=c1c2cc(-c3cccc(Cl)c3)oc2ccn1-c1ccc2c(cnn2CCN2CCCC2)c1. The Hall–Kier alpha value is -3.06. The van der Waals surface area contributed by atoms with Crippen molar-refractivity contribution in [1.29, 1.82) is 0 Å². The normalized spacial score (nSPS) is 14.1. The smallest absolute Gasteiger partial charge is 0.266 e. The van der Waals surface area contributed by atoms with Gasteiger partial charge in [0.05, 0.1) is 23.6 Å². The van der Waals surface area contributed by atoms with Gasteiger partial charge in [0.15, 0.2) is 0 Å². The molecule has 0 saturated carbocycles. The van der Waals surface area contributed by atoms with Crippen LogP contribution in [0.5, 0.6) is 0 Å². The second-order valence-electron chi connectivity index (χ2n) is 8.55. The lowest BCUT2D eigenvalue weighted by molar-refractivity contribution is 0.318. The van der Waals surface area contributed by atoms with E-state index in [2.05, 4.69) is 14.7 Å². The van der Waals surface area contributed by atoms with Crippen molar-refractivity contribution in [2.75, 3.05) is 19.6 Å². The number of furan rings is 1. The maximum atomic E-state index is 13.3. The van der Waals surface area contributed by atoms with Crippen molar-refractivity contribution in [3.8, 4) is 17.0 Å². The highest BCUT2D eigenvalue weighted by Gasteiger charge is 2.14. The summed E-state index contributed by atoms with van der Waals surface area (Å²) in [4.78, 5) is 15.8. The summed E-state index contributed by atoms with van der Waals surface area (Å²) in [6.45, 7) is 4.25. The monoisotopic (exact) mass is 494 g/mol. The van der Waals surface area contributed by atoms with E-state index in [0.717, 1.165) is 35.2 Å². The molecule has 4 heterocycles. The zero-order chi connectivity index (χ0) is 22.4. The number of hydrogen-bond donors (Lipinski definition) is 0. The van der Waals surface area contributed by atoms with E-state index in [0.29, 0.717) is 21.8 Å². The van der Waals surface area contributed by atoms with Gasteiger partial charge in [-0.05, 0) is 68.4 Å². The number of nitrogens with zero attached hydrogens (tertiary/aromatic N) is 4. The van der Waals surface area contributed by atoms with Gasteiger partial charge in [0.2, 0.25) is 0 Å². The number of rotatable bonds is 5. The maximum Gasteiger partial charge on any atom is 0.266 e. The number of likely N-dealkylation sites (tertiary alicyclic amines) is 1. The lowest BCUT2D eigenvalue weighted by atomic mass is 10.1. The number of pyridine rings is 1. The topological polar surface area (TPSA) is 56.2 Å². The van der Waals surface area contributed by atoms with Crippen molar-refractivity contribution in [3.63, 3.8) is 0 Å². The maximum absolute atomic E-state index is 13.3. The number of halogens is 2. The molecule has 6 rings (SSSR count). The molecule has 8 heteroatoms. The van der Waals surface area contributed by atoms with Crippen molar-refractivity contribution in [3.05, 3.63) is 82.4 Å². The molecule has 0 N–H and O–H groups in total. The summed E-state index contributed by atoms with van der Waals surface area (Å²) in [5.74, 6) is 0.622. The van der Waals surface area contributed by atoms with Crippen LogP contribution < -0.4 is 5.56 Å². The summed E-state index contributed by atoms with van der Waals surface area (Å²) >= 11 is 6.12. The van der Waals surface area contributed by atoms with Crippen LogP contribution in [0, 0.1) is 0 Å². The van der Waals surface area contributed by atoms with Crippen LogP contribution in [0.2, 0.25) is 5.02 Å². The van der Waals surface area contributed by atoms with Crippen LogP contribution in [0.3, 0.4) is 0 Å². The first-order valence-corrected chi connectivity index (χ1v) is 11.6. The first kappa shape index (κ1) is 22.7. The minimum Gasteiger partial charge on any atom is -0.456 e. The third-order valence-corrected chi connectivity index (χ3v) is 6.66. The van der Waals surface area contributed by atoms with E-state index in [-0.39, 0.29) is 18.0 Å². The van der Waals surface area contributed by atoms with Gasteiger partial charge in [-0.1, -0.05) is 23.7 Å². The molecule has 0 bridgehead atoms. The Kier molecular flexibility index (Phi) is 6.21. The minimum atomic E-state index is -0.120. The molecule has 1 aliphatic heterocycles. The van der Waals surface area contributed by atoms with Gasteiger partial charge in [-0.25, -0.2) is 0 Å². The Bertz CT molecular complexity index is 1530. The average molecular weight is 495 g/mol. The molecule has 6 nitrogen and oxygen atoms in total. The van der Waals surface area contributed by atoms with E-state index in [1.807, 2.05) is 54.7 Å². The van der Waals surface area contributed by atoms with Crippen LogP contribution >= 0.6 is 24.0 Å². The fourth-order valence-corrected chi connectivity index (χ4v) is 4.86. The van der Waals surface area contributed by atoms with Crippen molar-refractivity contribution in [2.45, 2.75) is 19.4 Å². The Morgan fingerprint density at radius 3 is 2.68 bits per heavy atom. The molecule has 5 aromatic rings. The summed E-state index contributed by atoms with van der Waals surface area (Å²) in [5.41, 5.74) is 3.16. The average Bonchev–Trinajstić information content (AvgIpc) is 3.57. The quantitative estimate of drug-likeness (QED) is 0.311. The van der Waals surface area contributed by atoms with Gasteiger partial charge < -0.3 is 9.32 Å². The fraction of sp³-hybridized carbons (Fsp3) is 0.231. The predicted octanol–water partition coefficient (Wildman–Crippen LogP) is 5.77. The number of fused-ring (bicyclic) bond motifs is 2. The Labute approximate surface area is 207 Å². The van der Waals surface area contributed by atoms with Crippen LogP contribution in [0.4, 0.5) is 0 Å². The molecular formula is C26H24Cl2N4O2. The molecule has 34 heavy (non-hydrogen) atoms. The predicted molar refractivity (Wildman–Crippen MR) is 138 cm³/mol. The van der Waals surface area contributed by atoms with Crippen LogP contribution in [0.1, 0.15) is 12.8 Å². The van der Waals surface area contributed by atoms with Crippen LogP contribution in [-0.4, -0.2) is 38.9 Å². The van der Waals surface area contributed by atoms with Gasteiger partial charge in [0.1, 0.15) is 11.3 Å². The van der Waals surface area contributed by atoms with E-state index in [1.165, 1.54) is 25.9 Å². The van der Waals surface area contributed by atoms with Crippen molar-refractivity contribution in [1.82, 2.24) is 19.2 Å². The van der Waals surface area contributed by atoms with E-state index in [1.54, 1.807) is 16.8 Å². The third kappa shape index (κ3) is 4.13. The van der Waals surface area contributed by atoms with Crippen LogP contribution in [0.15, 0.2) is 76.2 Å². The van der Waals surface area contributed by atoms with E-state index in [4.69, 9.17) is 16.0 Å². The van der Waals surface area contributed by atoms with Gasteiger partial charge in [-0.3, -0.25) is 14.0 Å². The molecule has 174 valence electrons. The number of aromatic nitrogens is 3. The Balaban J connectivity index is 0.00000241. The van der Waals surface area contributed by atoms with Gasteiger partial charge in [0, 0.05) is 34.4 Å². The molecule has 1 aliphatic rings. The summed E-state index contributed by atoms with van der Waals surface area (Å²) in [5, 5.41) is 6.77. The highest BCUT2D eigenvalue weighted by molar-refractivity contribution is 6.30. The number of hydrogen-bond acceptors (Lipinski definition) is 4. The van der Waals surface area contributed by atoms with E-state index < -0.39 is 0 Å². The van der Waals surface area contributed by atoms with Gasteiger partial charge in [0.25, 0.3) is 5.56 Å². The second-order valence-corrected chi connectivity index (χ2v) is 8.99. The highest BCUT2D eigenvalue weighted by Crippen LogP contribution is 2.28. The van der Waals surface area contributed by atoms with Crippen LogP contribution in [-0.2, 0) is 6.54 Å². The molecule has 0 spiro atoms. The molecule has 0 amide bonds. The zero-order valence-corrected chi connectivity index (χ0v) is 20.1. The van der Waals surface area contributed by atoms with Crippen molar-refractivity contribution >= 4 is 45.9 Å². The lowest BCUT2D eigenvalue weighted by Gasteiger charge is -2.14. The molecule has 1 saturated heterocycles. The largest absolute Gasteiger partial charge is 0.456 e.